The number of para-hydroxylation sites is 1. The van der Waals surface area contributed by atoms with Crippen molar-refractivity contribution in [2.45, 2.75) is 0 Å². The van der Waals surface area contributed by atoms with Gasteiger partial charge < -0.3 is 4.40 Å². The molecular formula is C44H27N5. The molecular weight excluding hydrogens is 599 g/mol. The Kier molecular flexibility index (Phi) is 6.11. The molecule has 0 bridgehead atoms. The topological polar surface area (TPSA) is 56.0 Å². The van der Waals surface area contributed by atoms with E-state index in [1.165, 1.54) is 0 Å². The number of fused-ring (bicyclic) bond motifs is 8. The van der Waals surface area contributed by atoms with Crippen LogP contribution in [-0.4, -0.2) is 24.3 Å². The number of nitrogens with zero attached hydrogens (tertiary/aromatic N) is 5. The first-order chi connectivity index (χ1) is 24.3. The van der Waals surface area contributed by atoms with Crippen LogP contribution in [0.15, 0.2) is 164 Å². The molecule has 5 heterocycles. The van der Waals surface area contributed by atoms with Gasteiger partial charge in [-0.2, -0.15) is 0 Å². The standard InChI is InChI=1S/C44H27N5/c1-2-9-30(10-3-1)39-27-49-24-21-36-40(44(49)48-39)35-14-4-5-16-38(35)47-41(36)32-12-6-11-31(25-32)28-17-19-29(20-18-28)37-26-33-13-7-22-45-42(33)43-34(37)15-8-23-46-43/h1-27H. The van der Waals surface area contributed by atoms with Crippen LogP contribution in [0.1, 0.15) is 0 Å². The highest BCUT2D eigenvalue weighted by Gasteiger charge is 2.17. The quantitative estimate of drug-likeness (QED) is 0.183. The lowest BCUT2D eigenvalue weighted by Crippen LogP contribution is -1.93. The van der Waals surface area contributed by atoms with Crippen LogP contribution in [0.2, 0.25) is 0 Å². The van der Waals surface area contributed by atoms with Crippen molar-refractivity contribution in [1.29, 1.82) is 0 Å². The van der Waals surface area contributed by atoms with Gasteiger partial charge in [0.15, 0.2) is 0 Å². The maximum atomic E-state index is 5.24. The second-order valence-corrected chi connectivity index (χ2v) is 12.4. The SMILES string of the molecule is c1ccc(-c2cn3ccc4c(-c5cccc(-c6ccc(-c7cc8cccnc8c8ncccc78)cc6)c5)nc5ccccc5c4c3n2)cc1. The second-order valence-electron chi connectivity index (χ2n) is 12.4. The molecule has 0 unspecified atom stereocenters. The van der Waals surface area contributed by atoms with E-state index >= 15 is 0 Å². The first-order valence-electron chi connectivity index (χ1n) is 16.4. The molecule has 0 atom stereocenters. The summed E-state index contributed by atoms with van der Waals surface area (Å²) < 4.78 is 2.13. The first-order valence-corrected chi connectivity index (χ1v) is 16.4. The van der Waals surface area contributed by atoms with Crippen molar-refractivity contribution >= 4 is 49.1 Å². The third-order valence-electron chi connectivity index (χ3n) is 9.48. The predicted molar refractivity (Wildman–Crippen MR) is 200 cm³/mol. The maximum absolute atomic E-state index is 5.24. The molecule has 5 nitrogen and oxygen atoms in total. The minimum Gasteiger partial charge on any atom is -0.306 e. The fraction of sp³-hybridized carbons (Fsp3) is 0. The Balaban J connectivity index is 1.09. The summed E-state index contributed by atoms with van der Waals surface area (Å²) in [5.41, 5.74) is 12.4. The van der Waals surface area contributed by atoms with Crippen LogP contribution >= 0.6 is 0 Å². The van der Waals surface area contributed by atoms with Crippen molar-refractivity contribution in [3.05, 3.63) is 164 Å². The van der Waals surface area contributed by atoms with E-state index in [0.29, 0.717) is 0 Å². The van der Waals surface area contributed by atoms with E-state index < -0.39 is 0 Å². The summed E-state index contributed by atoms with van der Waals surface area (Å²) in [5, 5.41) is 5.46. The van der Waals surface area contributed by atoms with Gasteiger partial charge in [0, 0.05) is 62.8 Å². The van der Waals surface area contributed by atoms with Crippen LogP contribution in [0.3, 0.4) is 0 Å². The molecule has 10 rings (SSSR count). The van der Waals surface area contributed by atoms with Gasteiger partial charge in [-0.3, -0.25) is 9.97 Å². The lowest BCUT2D eigenvalue weighted by molar-refractivity contribution is 1.20. The summed E-state index contributed by atoms with van der Waals surface area (Å²) in [7, 11) is 0. The number of pyridine rings is 4. The van der Waals surface area contributed by atoms with Gasteiger partial charge in [-0.15, -0.1) is 0 Å². The molecule has 5 aromatic heterocycles. The van der Waals surface area contributed by atoms with Crippen LogP contribution in [0.5, 0.6) is 0 Å². The molecule has 5 aromatic carbocycles. The molecule has 0 aliphatic heterocycles. The van der Waals surface area contributed by atoms with Crippen LogP contribution in [-0.2, 0) is 0 Å². The Morgan fingerprint density at radius 2 is 1.20 bits per heavy atom. The number of rotatable bonds is 4. The minimum absolute atomic E-state index is 0.923. The fourth-order valence-electron chi connectivity index (χ4n) is 7.15. The van der Waals surface area contributed by atoms with Crippen molar-refractivity contribution in [1.82, 2.24) is 24.3 Å². The molecule has 0 spiro atoms. The minimum atomic E-state index is 0.923. The molecule has 0 saturated heterocycles. The number of benzene rings is 5. The first kappa shape index (κ1) is 27.4. The molecule has 228 valence electrons. The Hall–Kier alpha value is -6.72. The molecule has 0 aliphatic carbocycles. The molecule has 10 aromatic rings. The summed E-state index contributed by atoms with van der Waals surface area (Å²) in [6.45, 7) is 0. The largest absolute Gasteiger partial charge is 0.306 e. The zero-order chi connectivity index (χ0) is 32.3. The Labute approximate surface area is 281 Å². The molecule has 0 N–H and O–H groups in total. The van der Waals surface area contributed by atoms with Gasteiger partial charge in [-0.1, -0.05) is 103 Å². The zero-order valence-corrected chi connectivity index (χ0v) is 26.3. The monoisotopic (exact) mass is 625 g/mol. The normalized spacial score (nSPS) is 11.7. The lowest BCUT2D eigenvalue weighted by Gasteiger charge is -2.13. The van der Waals surface area contributed by atoms with Crippen molar-refractivity contribution in [3.8, 4) is 44.8 Å². The highest BCUT2D eigenvalue weighted by atomic mass is 15.0. The third kappa shape index (κ3) is 4.48. The van der Waals surface area contributed by atoms with E-state index in [9.17, 15) is 0 Å². The maximum Gasteiger partial charge on any atom is 0.146 e. The van der Waals surface area contributed by atoms with E-state index in [0.717, 1.165) is 93.9 Å². The molecule has 0 aliphatic rings. The number of hydrogen-bond donors (Lipinski definition) is 0. The van der Waals surface area contributed by atoms with Crippen LogP contribution < -0.4 is 0 Å². The molecule has 5 heteroatoms. The van der Waals surface area contributed by atoms with Crippen LogP contribution in [0.25, 0.3) is 93.9 Å². The van der Waals surface area contributed by atoms with Gasteiger partial charge in [0.05, 0.1) is 27.9 Å². The third-order valence-corrected chi connectivity index (χ3v) is 9.48. The molecule has 0 radical (unpaired) electrons. The Bertz CT molecular complexity index is 2870. The summed E-state index contributed by atoms with van der Waals surface area (Å²) in [4.78, 5) is 19.7. The number of hydrogen-bond acceptors (Lipinski definition) is 4. The summed E-state index contributed by atoms with van der Waals surface area (Å²) >= 11 is 0. The smallest absolute Gasteiger partial charge is 0.146 e. The summed E-state index contributed by atoms with van der Waals surface area (Å²) in [6.07, 6.45) is 7.87. The van der Waals surface area contributed by atoms with Gasteiger partial charge in [0.25, 0.3) is 0 Å². The predicted octanol–water partition coefficient (Wildman–Crippen LogP) is 10.8. The summed E-state index contributed by atoms with van der Waals surface area (Å²) in [5.74, 6) is 0. The van der Waals surface area contributed by atoms with Crippen molar-refractivity contribution in [3.63, 3.8) is 0 Å². The van der Waals surface area contributed by atoms with Crippen molar-refractivity contribution < 1.29 is 0 Å². The average Bonchev–Trinajstić information content (AvgIpc) is 3.63. The van der Waals surface area contributed by atoms with Crippen LogP contribution in [0.4, 0.5) is 0 Å². The van der Waals surface area contributed by atoms with Crippen molar-refractivity contribution in [2.24, 2.45) is 0 Å². The van der Waals surface area contributed by atoms with E-state index in [4.69, 9.17) is 15.0 Å². The van der Waals surface area contributed by atoms with Gasteiger partial charge in [-0.25, -0.2) is 9.97 Å². The molecule has 49 heavy (non-hydrogen) atoms. The molecule has 0 amide bonds. The second kappa shape index (κ2) is 10.9. The Morgan fingerprint density at radius 3 is 2.10 bits per heavy atom. The summed E-state index contributed by atoms with van der Waals surface area (Å²) in [6, 6.07) is 48.8. The number of aromatic nitrogens is 5. The van der Waals surface area contributed by atoms with E-state index in [1.54, 1.807) is 0 Å². The highest BCUT2D eigenvalue weighted by Crippen LogP contribution is 2.38. The van der Waals surface area contributed by atoms with Gasteiger partial charge in [-0.05, 0) is 58.7 Å². The van der Waals surface area contributed by atoms with E-state index in [-0.39, 0.29) is 0 Å². The van der Waals surface area contributed by atoms with Crippen LogP contribution in [0, 0.1) is 0 Å². The van der Waals surface area contributed by atoms with Gasteiger partial charge in [0.1, 0.15) is 5.65 Å². The average molecular weight is 626 g/mol. The van der Waals surface area contributed by atoms with E-state index in [2.05, 4.69) is 143 Å². The molecule has 0 fully saturated rings. The van der Waals surface area contributed by atoms with Gasteiger partial charge >= 0.3 is 0 Å². The fourth-order valence-corrected chi connectivity index (χ4v) is 7.15. The van der Waals surface area contributed by atoms with E-state index in [1.807, 2.05) is 30.6 Å². The van der Waals surface area contributed by atoms with Crippen molar-refractivity contribution in [2.75, 3.05) is 0 Å². The van der Waals surface area contributed by atoms with Gasteiger partial charge in [0.2, 0.25) is 0 Å². The zero-order valence-electron chi connectivity index (χ0n) is 26.3. The Morgan fingerprint density at radius 1 is 0.469 bits per heavy atom. The molecule has 0 saturated carbocycles. The lowest BCUT2D eigenvalue weighted by atomic mass is 9.94. The highest BCUT2D eigenvalue weighted by molar-refractivity contribution is 6.17. The number of imidazole rings is 1.